The van der Waals surface area contributed by atoms with E-state index in [2.05, 4.69) is 5.32 Å². The van der Waals surface area contributed by atoms with Gasteiger partial charge in [-0.15, -0.1) is 0 Å². The molecule has 140 valence electrons. The molecule has 0 saturated heterocycles. The maximum absolute atomic E-state index is 12.6. The third kappa shape index (κ3) is 3.06. The summed E-state index contributed by atoms with van der Waals surface area (Å²) in [5.41, 5.74) is 4.05. The van der Waals surface area contributed by atoms with Crippen molar-refractivity contribution in [1.82, 2.24) is 5.32 Å². The molecule has 2 atom stereocenters. The van der Waals surface area contributed by atoms with Crippen LogP contribution < -0.4 is 5.32 Å². The number of carboxylic acids is 1. The summed E-state index contributed by atoms with van der Waals surface area (Å²) in [5, 5.41) is 22.8. The van der Waals surface area contributed by atoms with Gasteiger partial charge in [0.2, 0.25) is 0 Å². The third-order valence-electron chi connectivity index (χ3n) is 5.14. The van der Waals surface area contributed by atoms with Gasteiger partial charge in [-0.05, 0) is 27.8 Å². The van der Waals surface area contributed by atoms with Gasteiger partial charge in [0.25, 0.3) is 5.91 Å². The summed E-state index contributed by atoms with van der Waals surface area (Å²) in [6.45, 7) is 0. The molecule has 3 aromatic carbocycles. The number of aliphatic carboxylic acids is 1. The first kappa shape index (κ1) is 17.9. The number of benzene rings is 3. The van der Waals surface area contributed by atoms with Gasteiger partial charge in [0.1, 0.15) is 6.04 Å². The second kappa shape index (κ2) is 7.29. The Kier molecular flexibility index (Phi) is 4.67. The van der Waals surface area contributed by atoms with E-state index in [1.165, 1.54) is 0 Å². The number of carboxylic acid groups (broad SMARTS) is 1. The number of nitrogens with one attached hydrogen (secondary N) is 1. The highest BCUT2D eigenvalue weighted by molar-refractivity contribution is 5.90. The Morgan fingerprint density at radius 1 is 0.786 bits per heavy atom. The summed E-state index contributed by atoms with van der Waals surface area (Å²) in [7, 11) is 0. The van der Waals surface area contributed by atoms with Gasteiger partial charge in [0.05, 0.1) is 0 Å². The van der Waals surface area contributed by atoms with Crippen molar-refractivity contribution in [3.8, 4) is 11.1 Å². The Morgan fingerprint density at radius 3 is 1.82 bits per heavy atom. The second-order valence-electron chi connectivity index (χ2n) is 6.79. The number of hydrogen-bond acceptors (Lipinski definition) is 3. The fraction of sp³-hybridized carbons (Fsp3) is 0.130. The number of aliphatic hydroxyl groups excluding tert-OH is 1. The van der Waals surface area contributed by atoms with Gasteiger partial charge in [0, 0.05) is 5.92 Å². The van der Waals surface area contributed by atoms with Crippen LogP contribution in [-0.4, -0.2) is 28.1 Å². The Hall–Kier alpha value is -3.44. The Morgan fingerprint density at radius 2 is 1.29 bits per heavy atom. The predicted octanol–water partition coefficient (Wildman–Crippen LogP) is 3.10. The SMILES string of the molecule is O=C(N[C@@H](C(=O)O)C1c2ccccc2-c2ccccc21)[C@@H](O)c1ccccc1. The van der Waals surface area contributed by atoms with Crippen LogP contribution in [0.3, 0.4) is 0 Å². The van der Waals surface area contributed by atoms with E-state index in [4.69, 9.17) is 0 Å². The topological polar surface area (TPSA) is 86.6 Å². The molecule has 1 amide bonds. The van der Waals surface area contributed by atoms with Crippen LogP contribution in [0.4, 0.5) is 0 Å². The second-order valence-corrected chi connectivity index (χ2v) is 6.79. The first-order valence-corrected chi connectivity index (χ1v) is 9.02. The molecule has 0 aliphatic heterocycles. The number of carbonyl (C=O) groups is 2. The number of rotatable bonds is 5. The first-order valence-electron chi connectivity index (χ1n) is 9.02. The molecule has 1 aliphatic rings. The highest BCUT2D eigenvalue weighted by Crippen LogP contribution is 2.46. The zero-order valence-electron chi connectivity index (χ0n) is 14.9. The van der Waals surface area contributed by atoms with Gasteiger partial charge in [-0.3, -0.25) is 4.79 Å². The molecule has 0 heterocycles. The van der Waals surface area contributed by atoms with Crippen molar-refractivity contribution < 1.29 is 19.8 Å². The highest BCUT2D eigenvalue weighted by Gasteiger charge is 2.39. The average Bonchev–Trinajstić information content (AvgIpc) is 3.06. The average molecular weight is 373 g/mol. The van der Waals surface area contributed by atoms with E-state index in [9.17, 15) is 19.8 Å². The summed E-state index contributed by atoms with van der Waals surface area (Å²) in [4.78, 5) is 24.7. The number of aliphatic hydroxyl groups is 1. The Bertz CT molecular complexity index is 986. The molecule has 3 aromatic rings. The van der Waals surface area contributed by atoms with Crippen LogP contribution in [0, 0.1) is 0 Å². The summed E-state index contributed by atoms with van der Waals surface area (Å²) < 4.78 is 0. The van der Waals surface area contributed by atoms with Crippen LogP contribution in [0.15, 0.2) is 78.9 Å². The lowest BCUT2D eigenvalue weighted by Gasteiger charge is -2.24. The number of hydrogen-bond donors (Lipinski definition) is 3. The van der Waals surface area contributed by atoms with Crippen molar-refractivity contribution in [3.63, 3.8) is 0 Å². The lowest BCUT2D eigenvalue weighted by molar-refractivity contribution is -0.143. The maximum atomic E-state index is 12.6. The van der Waals surface area contributed by atoms with Gasteiger partial charge >= 0.3 is 5.97 Å². The lowest BCUT2D eigenvalue weighted by atomic mass is 9.89. The minimum Gasteiger partial charge on any atom is -0.480 e. The summed E-state index contributed by atoms with van der Waals surface area (Å²) in [5.74, 6) is -2.41. The Balaban J connectivity index is 1.69. The molecular formula is C23H19NO4. The molecule has 0 bridgehead atoms. The van der Waals surface area contributed by atoms with Crippen LogP contribution >= 0.6 is 0 Å². The van der Waals surface area contributed by atoms with E-state index < -0.39 is 29.9 Å². The van der Waals surface area contributed by atoms with Crippen LogP contribution in [0.5, 0.6) is 0 Å². The zero-order valence-corrected chi connectivity index (χ0v) is 14.9. The smallest absolute Gasteiger partial charge is 0.327 e. The molecular weight excluding hydrogens is 354 g/mol. The van der Waals surface area contributed by atoms with Crippen molar-refractivity contribution in [2.45, 2.75) is 18.1 Å². The largest absolute Gasteiger partial charge is 0.480 e. The van der Waals surface area contributed by atoms with Gasteiger partial charge in [-0.1, -0.05) is 78.9 Å². The fourth-order valence-electron chi connectivity index (χ4n) is 3.86. The number of amides is 1. The molecule has 1 aliphatic carbocycles. The van der Waals surface area contributed by atoms with Crippen LogP contribution in [0.2, 0.25) is 0 Å². The first-order chi connectivity index (χ1) is 13.6. The van der Waals surface area contributed by atoms with E-state index in [1.807, 2.05) is 48.5 Å². The molecule has 4 rings (SSSR count). The molecule has 5 heteroatoms. The fourth-order valence-corrected chi connectivity index (χ4v) is 3.86. The molecule has 3 N–H and O–H groups in total. The predicted molar refractivity (Wildman–Crippen MR) is 105 cm³/mol. The highest BCUT2D eigenvalue weighted by atomic mass is 16.4. The van der Waals surface area contributed by atoms with E-state index in [1.54, 1.807) is 30.3 Å². The molecule has 0 fully saturated rings. The summed E-state index contributed by atoms with van der Waals surface area (Å²) in [6.07, 6.45) is -1.44. The molecule has 0 spiro atoms. The van der Waals surface area contributed by atoms with E-state index in [0.717, 1.165) is 22.3 Å². The van der Waals surface area contributed by atoms with Gasteiger partial charge in [0.15, 0.2) is 6.10 Å². The van der Waals surface area contributed by atoms with E-state index >= 15 is 0 Å². The molecule has 0 unspecified atom stereocenters. The minimum absolute atomic E-state index is 0.413. The number of fused-ring (bicyclic) bond motifs is 3. The van der Waals surface area contributed by atoms with Crippen molar-refractivity contribution in [2.24, 2.45) is 0 Å². The molecule has 0 aromatic heterocycles. The van der Waals surface area contributed by atoms with Crippen molar-refractivity contribution >= 4 is 11.9 Å². The minimum atomic E-state index is -1.44. The zero-order chi connectivity index (χ0) is 19.7. The lowest BCUT2D eigenvalue weighted by Crippen LogP contribution is -2.46. The van der Waals surface area contributed by atoms with Crippen molar-refractivity contribution in [3.05, 3.63) is 95.6 Å². The standard InChI is InChI=1S/C23H19NO4/c25-21(14-8-2-1-3-9-14)22(26)24-20(23(27)28)19-17-12-6-4-10-15(17)16-11-5-7-13-18(16)19/h1-13,19-21,25H,(H,24,26)(H,27,28)/t20-,21+/m1/s1. The van der Waals surface area contributed by atoms with Gasteiger partial charge in [-0.2, -0.15) is 0 Å². The van der Waals surface area contributed by atoms with E-state index in [0.29, 0.717) is 5.56 Å². The molecule has 5 nitrogen and oxygen atoms in total. The third-order valence-corrected chi connectivity index (χ3v) is 5.14. The molecule has 28 heavy (non-hydrogen) atoms. The normalized spacial score (nSPS) is 14.6. The van der Waals surface area contributed by atoms with Crippen LogP contribution in [-0.2, 0) is 9.59 Å². The van der Waals surface area contributed by atoms with E-state index in [-0.39, 0.29) is 0 Å². The quantitative estimate of drug-likeness (QED) is 0.641. The number of carbonyl (C=O) groups excluding carboxylic acids is 1. The summed E-state index contributed by atoms with van der Waals surface area (Å²) in [6, 6.07) is 22.5. The Labute approximate surface area is 162 Å². The molecule has 0 saturated carbocycles. The van der Waals surface area contributed by atoms with Gasteiger partial charge < -0.3 is 15.5 Å². The monoisotopic (exact) mass is 373 g/mol. The van der Waals surface area contributed by atoms with Gasteiger partial charge in [-0.25, -0.2) is 4.79 Å². The van der Waals surface area contributed by atoms with Crippen molar-refractivity contribution in [1.29, 1.82) is 0 Å². The van der Waals surface area contributed by atoms with Crippen molar-refractivity contribution in [2.75, 3.05) is 0 Å². The summed E-state index contributed by atoms with van der Waals surface area (Å²) >= 11 is 0. The molecule has 0 radical (unpaired) electrons. The maximum Gasteiger partial charge on any atom is 0.327 e. The van der Waals surface area contributed by atoms with Crippen LogP contribution in [0.25, 0.3) is 11.1 Å². The van der Waals surface area contributed by atoms with Crippen LogP contribution in [0.1, 0.15) is 28.7 Å².